The number of rotatable bonds is 3. The van der Waals surface area contributed by atoms with E-state index in [-0.39, 0.29) is 10.9 Å². The third kappa shape index (κ3) is 2.93. The summed E-state index contributed by atoms with van der Waals surface area (Å²) in [6.45, 7) is 0. The minimum absolute atomic E-state index is 0.0323. The molecular formula is C16H13ClFN3OS. The molecule has 0 aliphatic heterocycles. The van der Waals surface area contributed by atoms with E-state index in [1.807, 2.05) is 0 Å². The largest absolute Gasteiger partial charge is 0.340 e. The number of hydrogen-bond acceptors (Lipinski definition) is 3. The summed E-state index contributed by atoms with van der Waals surface area (Å²) in [5.41, 5.74) is 1.59. The Kier molecular flexibility index (Phi) is 4.30. The zero-order valence-electron chi connectivity index (χ0n) is 12.1. The summed E-state index contributed by atoms with van der Waals surface area (Å²) in [6, 6.07) is 11.8. The van der Waals surface area contributed by atoms with E-state index in [9.17, 15) is 9.18 Å². The lowest BCUT2D eigenvalue weighted by Crippen LogP contribution is -2.15. The maximum atomic E-state index is 14.1. The number of aryl methyl sites for hydroxylation is 1. The molecule has 0 saturated heterocycles. The molecule has 118 valence electrons. The number of nitrogens with zero attached hydrogens (tertiary/aromatic N) is 1. The quantitative estimate of drug-likeness (QED) is 0.697. The van der Waals surface area contributed by atoms with Crippen LogP contribution >= 0.6 is 23.5 Å². The van der Waals surface area contributed by atoms with Crippen LogP contribution in [0.15, 0.2) is 47.4 Å². The van der Waals surface area contributed by atoms with Gasteiger partial charge in [-0.2, -0.15) is 0 Å². The number of benzene rings is 2. The van der Waals surface area contributed by atoms with E-state index in [1.165, 1.54) is 12.1 Å². The smallest absolute Gasteiger partial charge is 0.272 e. The first kappa shape index (κ1) is 15.9. The zero-order valence-corrected chi connectivity index (χ0v) is 13.7. The molecule has 2 aromatic carbocycles. The van der Waals surface area contributed by atoms with E-state index in [1.54, 1.807) is 41.9 Å². The van der Waals surface area contributed by atoms with Crippen LogP contribution in [0.4, 0.5) is 10.1 Å². The van der Waals surface area contributed by atoms with Gasteiger partial charge >= 0.3 is 0 Å². The van der Waals surface area contributed by atoms with Gasteiger partial charge in [0.15, 0.2) is 5.82 Å². The van der Waals surface area contributed by atoms with Gasteiger partial charge < -0.3 is 9.88 Å². The van der Waals surface area contributed by atoms with Crippen molar-refractivity contribution >= 4 is 46.0 Å². The van der Waals surface area contributed by atoms with Crippen LogP contribution in [0.1, 0.15) is 10.5 Å². The van der Waals surface area contributed by atoms with Crippen LogP contribution in [0.25, 0.3) is 10.9 Å². The number of halogens is 2. The highest BCUT2D eigenvalue weighted by Gasteiger charge is 2.17. The van der Waals surface area contributed by atoms with Gasteiger partial charge in [0, 0.05) is 23.0 Å². The number of carbonyl (C=O) groups is 1. The van der Waals surface area contributed by atoms with Gasteiger partial charge in [-0.25, -0.2) is 4.39 Å². The summed E-state index contributed by atoms with van der Waals surface area (Å²) in [5.74, 6) is -0.851. The number of carbonyl (C=O) groups excluding carboxylic acids is 1. The van der Waals surface area contributed by atoms with E-state index in [0.29, 0.717) is 22.3 Å². The third-order valence-corrected chi connectivity index (χ3v) is 4.43. The first-order valence-corrected chi connectivity index (χ1v) is 7.98. The molecule has 3 rings (SSSR count). The highest BCUT2D eigenvalue weighted by molar-refractivity contribution is 7.97. The molecule has 1 heterocycles. The fraction of sp³-hybridized carbons (Fsp3) is 0.0625. The Labute approximate surface area is 141 Å². The van der Waals surface area contributed by atoms with Crippen molar-refractivity contribution in [3.63, 3.8) is 0 Å². The van der Waals surface area contributed by atoms with Gasteiger partial charge in [0.1, 0.15) is 5.69 Å². The Hall–Kier alpha value is -2.02. The number of nitrogens with one attached hydrogen (secondary N) is 1. The normalized spacial score (nSPS) is 11.0. The Balaban J connectivity index is 1.94. The van der Waals surface area contributed by atoms with Crippen molar-refractivity contribution < 1.29 is 9.18 Å². The van der Waals surface area contributed by atoms with Gasteiger partial charge in [-0.15, -0.1) is 0 Å². The van der Waals surface area contributed by atoms with E-state index in [2.05, 4.69) is 5.32 Å². The summed E-state index contributed by atoms with van der Waals surface area (Å²) in [4.78, 5) is 13.3. The second kappa shape index (κ2) is 6.23. The first-order valence-electron chi connectivity index (χ1n) is 6.73. The maximum Gasteiger partial charge on any atom is 0.272 e. The van der Waals surface area contributed by atoms with E-state index >= 15 is 0 Å². The molecule has 0 saturated carbocycles. The molecule has 0 spiro atoms. The first-order chi connectivity index (χ1) is 11.0. The van der Waals surface area contributed by atoms with E-state index in [0.717, 1.165) is 16.8 Å². The standard InChI is InChI=1S/C16H13ClFN3OS/c1-21-13-7-6-12(17)15(18)11(13)8-14(21)16(22)20-9-2-4-10(23-19)5-3-9/h2-8H,19H2,1H3,(H,20,22). The van der Waals surface area contributed by atoms with Crippen LogP contribution in [-0.4, -0.2) is 10.5 Å². The summed E-state index contributed by atoms with van der Waals surface area (Å²) in [5, 5.41) is 8.59. The minimum Gasteiger partial charge on any atom is -0.340 e. The average Bonchev–Trinajstić information content (AvgIpc) is 2.89. The average molecular weight is 350 g/mol. The second-order valence-electron chi connectivity index (χ2n) is 4.98. The van der Waals surface area contributed by atoms with Crippen LogP contribution < -0.4 is 10.5 Å². The molecule has 3 aromatic rings. The number of aromatic nitrogens is 1. The molecule has 0 unspecified atom stereocenters. The van der Waals surface area contributed by atoms with Crippen molar-refractivity contribution in [2.45, 2.75) is 4.90 Å². The Morgan fingerprint density at radius 2 is 1.96 bits per heavy atom. The SMILES string of the molecule is Cn1c(C(=O)Nc2ccc(SN)cc2)cc2c(F)c(Cl)ccc21. The Morgan fingerprint density at radius 3 is 2.61 bits per heavy atom. The lowest BCUT2D eigenvalue weighted by Gasteiger charge is -2.07. The third-order valence-electron chi connectivity index (χ3n) is 3.59. The fourth-order valence-corrected chi connectivity index (χ4v) is 2.84. The van der Waals surface area contributed by atoms with Gasteiger partial charge in [-0.05, 0) is 54.4 Å². The Morgan fingerprint density at radius 1 is 1.26 bits per heavy atom. The van der Waals surface area contributed by atoms with Crippen molar-refractivity contribution in [2.24, 2.45) is 12.2 Å². The van der Waals surface area contributed by atoms with Crippen LogP contribution in [-0.2, 0) is 7.05 Å². The number of nitrogens with two attached hydrogens (primary N) is 1. The van der Waals surface area contributed by atoms with Crippen molar-refractivity contribution in [2.75, 3.05) is 5.32 Å². The summed E-state index contributed by atoms with van der Waals surface area (Å²) in [7, 11) is 1.71. The summed E-state index contributed by atoms with van der Waals surface area (Å²) >= 11 is 6.92. The van der Waals surface area contributed by atoms with Crippen molar-refractivity contribution in [3.05, 3.63) is 59.0 Å². The number of amides is 1. The predicted molar refractivity (Wildman–Crippen MR) is 92.3 cm³/mol. The van der Waals surface area contributed by atoms with Crippen LogP contribution in [0.2, 0.25) is 5.02 Å². The lowest BCUT2D eigenvalue weighted by atomic mass is 10.2. The highest BCUT2D eigenvalue weighted by atomic mass is 35.5. The van der Waals surface area contributed by atoms with Crippen molar-refractivity contribution in [1.29, 1.82) is 0 Å². The topological polar surface area (TPSA) is 60.0 Å². The number of fused-ring (bicyclic) bond motifs is 1. The van der Waals surface area contributed by atoms with Crippen LogP contribution in [0.5, 0.6) is 0 Å². The fourth-order valence-electron chi connectivity index (χ4n) is 2.38. The molecule has 0 fully saturated rings. The molecule has 0 aliphatic rings. The van der Waals surface area contributed by atoms with Crippen LogP contribution in [0, 0.1) is 5.82 Å². The summed E-state index contributed by atoms with van der Waals surface area (Å²) < 4.78 is 15.7. The molecule has 0 atom stereocenters. The summed E-state index contributed by atoms with van der Waals surface area (Å²) in [6.07, 6.45) is 0. The molecular weight excluding hydrogens is 337 g/mol. The van der Waals surface area contributed by atoms with Crippen LogP contribution in [0.3, 0.4) is 0 Å². The maximum absolute atomic E-state index is 14.1. The molecule has 0 aliphatic carbocycles. The van der Waals surface area contributed by atoms with E-state index in [4.69, 9.17) is 16.7 Å². The number of hydrogen-bond donors (Lipinski definition) is 2. The monoisotopic (exact) mass is 349 g/mol. The predicted octanol–water partition coefficient (Wildman–Crippen LogP) is 4.19. The van der Waals surface area contributed by atoms with Gasteiger partial charge in [-0.1, -0.05) is 11.6 Å². The Bertz CT molecular complexity index is 892. The van der Waals surface area contributed by atoms with E-state index < -0.39 is 5.82 Å². The highest BCUT2D eigenvalue weighted by Crippen LogP contribution is 2.27. The molecule has 1 amide bonds. The molecule has 7 heteroatoms. The number of anilines is 1. The minimum atomic E-state index is -0.525. The van der Waals surface area contributed by atoms with Crippen molar-refractivity contribution in [1.82, 2.24) is 4.57 Å². The van der Waals surface area contributed by atoms with Gasteiger partial charge in [-0.3, -0.25) is 9.93 Å². The second-order valence-corrected chi connectivity index (χ2v) is 6.09. The lowest BCUT2D eigenvalue weighted by molar-refractivity contribution is 0.102. The van der Waals surface area contributed by atoms with Gasteiger partial charge in [0.2, 0.25) is 0 Å². The molecule has 0 bridgehead atoms. The molecule has 23 heavy (non-hydrogen) atoms. The molecule has 0 radical (unpaired) electrons. The zero-order chi connectivity index (χ0) is 16.6. The molecule has 3 N–H and O–H groups in total. The molecule has 1 aromatic heterocycles. The van der Waals surface area contributed by atoms with Gasteiger partial charge in [0.25, 0.3) is 5.91 Å². The van der Waals surface area contributed by atoms with Gasteiger partial charge in [0.05, 0.1) is 10.5 Å². The van der Waals surface area contributed by atoms with Crippen molar-refractivity contribution in [3.8, 4) is 0 Å². The molecule has 4 nitrogen and oxygen atoms in total.